The Morgan fingerprint density at radius 1 is 1.00 bits per heavy atom. The highest BCUT2D eigenvalue weighted by molar-refractivity contribution is 6.71. The van der Waals surface area contributed by atoms with Gasteiger partial charge in [0.25, 0.3) is 0 Å². The molecule has 0 bridgehead atoms. The second-order valence-electron chi connectivity index (χ2n) is 6.48. The quantitative estimate of drug-likeness (QED) is 0.384. The molecule has 1 aromatic heterocycles. The Morgan fingerprint density at radius 2 is 1.64 bits per heavy atom. The van der Waals surface area contributed by atoms with Crippen molar-refractivity contribution in [3.8, 4) is 0 Å². The second kappa shape index (κ2) is 4.69. The van der Waals surface area contributed by atoms with Gasteiger partial charge < -0.3 is 4.65 Å². The SMILES string of the molecule is C=C1CB(c2nc3ccccc3c3ccccc23)OC1(C)C. The Morgan fingerprint density at radius 3 is 2.32 bits per heavy atom. The van der Waals surface area contributed by atoms with Crippen molar-refractivity contribution < 1.29 is 4.65 Å². The van der Waals surface area contributed by atoms with Gasteiger partial charge in [0.2, 0.25) is 0 Å². The molecule has 2 nitrogen and oxygen atoms in total. The van der Waals surface area contributed by atoms with E-state index in [0.717, 1.165) is 23.0 Å². The third kappa shape index (κ3) is 1.97. The number of para-hydroxylation sites is 1. The van der Waals surface area contributed by atoms with Gasteiger partial charge in [0.15, 0.2) is 0 Å². The number of nitrogens with zero attached hydrogens (tertiary/aromatic N) is 1. The van der Waals surface area contributed by atoms with E-state index in [0.29, 0.717) is 0 Å². The maximum atomic E-state index is 6.24. The lowest BCUT2D eigenvalue weighted by Gasteiger charge is -2.21. The van der Waals surface area contributed by atoms with Crippen molar-refractivity contribution >= 4 is 34.2 Å². The van der Waals surface area contributed by atoms with Gasteiger partial charge in [-0.25, -0.2) is 0 Å². The van der Waals surface area contributed by atoms with Crippen molar-refractivity contribution in [2.45, 2.75) is 25.8 Å². The molecule has 2 heterocycles. The topological polar surface area (TPSA) is 22.1 Å². The molecule has 1 aliphatic heterocycles. The van der Waals surface area contributed by atoms with Crippen LogP contribution in [-0.4, -0.2) is 17.5 Å². The van der Waals surface area contributed by atoms with Crippen LogP contribution < -0.4 is 5.59 Å². The van der Waals surface area contributed by atoms with Gasteiger partial charge in [-0.15, -0.1) is 0 Å². The van der Waals surface area contributed by atoms with Gasteiger partial charge in [-0.1, -0.05) is 54.6 Å². The Bertz CT molecular complexity index is 900. The first-order valence-electron chi connectivity index (χ1n) is 7.70. The lowest BCUT2D eigenvalue weighted by Crippen LogP contribution is -2.36. The van der Waals surface area contributed by atoms with Crippen LogP contribution >= 0.6 is 0 Å². The van der Waals surface area contributed by atoms with E-state index in [9.17, 15) is 0 Å². The third-order valence-corrected chi connectivity index (χ3v) is 4.66. The summed E-state index contributed by atoms with van der Waals surface area (Å²) in [5.74, 6) is 0. The molecule has 0 unspecified atom stereocenters. The van der Waals surface area contributed by atoms with Crippen LogP contribution in [0.15, 0.2) is 60.7 Å². The maximum absolute atomic E-state index is 6.24. The molecule has 4 rings (SSSR count). The summed E-state index contributed by atoms with van der Waals surface area (Å²) in [5, 5.41) is 3.61. The summed E-state index contributed by atoms with van der Waals surface area (Å²) in [6.07, 6.45) is 0.836. The van der Waals surface area contributed by atoms with Crippen LogP contribution in [-0.2, 0) is 4.65 Å². The predicted molar refractivity (Wildman–Crippen MR) is 93.7 cm³/mol. The fourth-order valence-corrected chi connectivity index (χ4v) is 3.28. The number of hydrogen-bond acceptors (Lipinski definition) is 2. The van der Waals surface area contributed by atoms with Crippen LogP contribution in [0.2, 0.25) is 6.32 Å². The van der Waals surface area contributed by atoms with E-state index in [1.54, 1.807) is 0 Å². The number of rotatable bonds is 1. The smallest absolute Gasteiger partial charge is 0.352 e. The Labute approximate surface area is 130 Å². The number of hydrogen-bond donors (Lipinski definition) is 0. The third-order valence-electron chi connectivity index (χ3n) is 4.66. The van der Waals surface area contributed by atoms with E-state index >= 15 is 0 Å². The first kappa shape index (κ1) is 13.5. The molecule has 1 fully saturated rings. The highest BCUT2D eigenvalue weighted by Crippen LogP contribution is 2.33. The molecule has 3 aromatic rings. The van der Waals surface area contributed by atoms with Gasteiger partial charge in [0.05, 0.1) is 11.1 Å². The zero-order valence-electron chi connectivity index (χ0n) is 13.0. The van der Waals surface area contributed by atoms with E-state index in [1.165, 1.54) is 16.2 Å². The molecular formula is C19H18BNO. The molecular weight excluding hydrogens is 269 g/mol. The van der Waals surface area contributed by atoms with E-state index in [1.807, 2.05) is 6.07 Å². The molecule has 108 valence electrons. The van der Waals surface area contributed by atoms with Gasteiger partial charge in [-0.3, -0.25) is 4.98 Å². The summed E-state index contributed by atoms with van der Waals surface area (Å²) in [7, 11) is 0. The summed E-state index contributed by atoms with van der Waals surface area (Å²) in [5.41, 5.74) is 2.91. The summed E-state index contributed by atoms with van der Waals surface area (Å²) in [6.45, 7) is 8.32. The first-order valence-corrected chi connectivity index (χ1v) is 7.70. The number of fused-ring (bicyclic) bond motifs is 3. The van der Waals surface area contributed by atoms with Crippen LogP contribution in [0, 0.1) is 0 Å². The van der Waals surface area contributed by atoms with Crippen LogP contribution in [0.1, 0.15) is 13.8 Å². The lowest BCUT2D eigenvalue weighted by atomic mass is 9.60. The summed E-state index contributed by atoms with van der Waals surface area (Å²) in [4.78, 5) is 4.92. The molecule has 0 spiro atoms. The van der Waals surface area contributed by atoms with E-state index in [-0.39, 0.29) is 12.5 Å². The molecule has 1 aliphatic rings. The minimum absolute atomic E-state index is 0.0167. The van der Waals surface area contributed by atoms with Crippen molar-refractivity contribution in [2.24, 2.45) is 0 Å². The van der Waals surface area contributed by atoms with E-state index < -0.39 is 0 Å². The molecule has 3 heteroatoms. The zero-order chi connectivity index (χ0) is 15.3. The minimum atomic E-state index is -0.279. The Balaban J connectivity index is 1.99. The highest BCUT2D eigenvalue weighted by Gasteiger charge is 2.40. The van der Waals surface area contributed by atoms with Crippen LogP contribution in [0.5, 0.6) is 0 Å². The first-order chi connectivity index (χ1) is 10.6. The average molecular weight is 287 g/mol. The van der Waals surface area contributed by atoms with Gasteiger partial charge in [-0.2, -0.15) is 0 Å². The van der Waals surface area contributed by atoms with Crippen molar-refractivity contribution in [3.63, 3.8) is 0 Å². The molecule has 0 radical (unpaired) electrons. The Hall–Kier alpha value is -2.13. The summed E-state index contributed by atoms with van der Waals surface area (Å²) >= 11 is 0. The average Bonchev–Trinajstić information content (AvgIpc) is 2.80. The van der Waals surface area contributed by atoms with Gasteiger partial charge in [0, 0.05) is 11.0 Å². The summed E-state index contributed by atoms with van der Waals surface area (Å²) in [6, 6.07) is 16.7. The zero-order valence-corrected chi connectivity index (χ0v) is 13.0. The monoisotopic (exact) mass is 287 g/mol. The van der Waals surface area contributed by atoms with E-state index in [2.05, 4.69) is 62.9 Å². The van der Waals surface area contributed by atoms with Crippen molar-refractivity contribution in [1.29, 1.82) is 0 Å². The molecule has 0 aliphatic carbocycles. The predicted octanol–water partition coefficient (Wildman–Crippen LogP) is 3.95. The van der Waals surface area contributed by atoms with Crippen LogP contribution in [0.4, 0.5) is 0 Å². The van der Waals surface area contributed by atoms with Crippen molar-refractivity contribution in [1.82, 2.24) is 4.98 Å². The van der Waals surface area contributed by atoms with Crippen LogP contribution in [0.3, 0.4) is 0 Å². The molecule has 0 N–H and O–H groups in total. The van der Waals surface area contributed by atoms with Crippen molar-refractivity contribution in [3.05, 3.63) is 60.7 Å². The molecule has 0 atom stereocenters. The maximum Gasteiger partial charge on any atom is 0.352 e. The minimum Gasteiger partial charge on any atom is -0.421 e. The lowest BCUT2D eigenvalue weighted by molar-refractivity contribution is 0.174. The van der Waals surface area contributed by atoms with E-state index in [4.69, 9.17) is 9.64 Å². The number of aromatic nitrogens is 1. The second-order valence-corrected chi connectivity index (χ2v) is 6.48. The van der Waals surface area contributed by atoms with Crippen LogP contribution in [0.25, 0.3) is 21.7 Å². The van der Waals surface area contributed by atoms with Gasteiger partial charge >= 0.3 is 6.92 Å². The molecule has 1 saturated heterocycles. The van der Waals surface area contributed by atoms with Gasteiger partial charge in [0.1, 0.15) is 0 Å². The summed E-state index contributed by atoms with van der Waals surface area (Å²) < 4.78 is 6.24. The number of benzene rings is 2. The van der Waals surface area contributed by atoms with Crippen molar-refractivity contribution in [2.75, 3.05) is 0 Å². The normalized spacial score (nSPS) is 17.5. The Kier molecular flexibility index (Phi) is 2.88. The fraction of sp³-hybridized carbons (Fsp3) is 0.211. The standard InChI is InChI=1S/C19H18BNO/c1-13-12-20(22-19(13,2)3)18-16-10-5-4-8-14(16)15-9-6-7-11-17(15)21-18/h4-11H,1,12H2,2-3H3. The molecule has 0 saturated carbocycles. The van der Waals surface area contributed by atoms with Gasteiger partial charge in [-0.05, 0) is 37.0 Å². The molecule has 0 amide bonds. The highest BCUT2D eigenvalue weighted by atomic mass is 16.5. The molecule has 2 aromatic carbocycles. The fourth-order valence-electron chi connectivity index (χ4n) is 3.28. The number of pyridine rings is 1. The largest absolute Gasteiger partial charge is 0.421 e. The molecule has 22 heavy (non-hydrogen) atoms.